The van der Waals surface area contributed by atoms with Gasteiger partial charge >= 0.3 is 0 Å². The second-order valence-electron chi connectivity index (χ2n) is 4.72. The van der Waals surface area contributed by atoms with Gasteiger partial charge in [0.2, 0.25) is 0 Å². The van der Waals surface area contributed by atoms with E-state index >= 15 is 0 Å². The van der Waals surface area contributed by atoms with Crippen molar-refractivity contribution >= 4 is 11.3 Å². The molecule has 1 aliphatic rings. The van der Waals surface area contributed by atoms with Gasteiger partial charge in [-0.05, 0) is 32.4 Å². The molecule has 0 aromatic carbocycles. The third-order valence-electron chi connectivity index (χ3n) is 3.42. The van der Waals surface area contributed by atoms with Crippen molar-refractivity contribution in [2.45, 2.75) is 32.2 Å². The van der Waals surface area contributed by atoms with Crippen LogP contribution in [-0.4, -0.2) is 30.7 Å². The van der Waals surface area contributed by atoms with Crippen LogP contribution in [0.25, 0.3) is 0 Å². The molecule has 3 unspecified atom stereocenters. The highest BCUT2D eigenvalue weighted by Crippen LogP contribution is 2.17. The maximum absolute atomic E-state index is 4.35. The first kappa shape index (κ1) is 12.0. The standard InChI is InChI=1S/C12H21N3S/c1-9(12-15-5-6-16-12)7-13-8-11-3-4-14-10(11)2/h5-6,9-11,13-14H,3-4,7-8H2,1-2H3. The van der Waals surface area contributed by atoms with E-state index in [9.17, 15) is 0 Å². The minimum Gasteiger partial charge on any atom is -0.316 e. The minimum atomic E-state index is 0.532. The van der Waals surface area contributed by atoms with Crippen molar-refractivity contribution in [3.8, 4) is 0 Å². The quantitative estimate of drug-likeness (QED) is 0.823. The smallest absolute Gasteiger partial charge is 0.0965 e. The summed E-state index contributed by atoms with van der Waals surface area (Å²) in [7, 11) is 0. The fourth-order valence-electron chi connectivity index (χ4n) is 2.24. The Labute approximate surface area is 102 Å². The Morgan fingerprint density at radius 2 is 2.56 bits per heavy atom. The molecular formula is C12H21N3S. The maximum Gasteiger partial charge on any atom is 0.0965 e. The van der Waals surface area contributed by atoms with Crippen LogP contribution in [-0.2, 0) is 0 Å². The first-order chi connectivity index (χ1) is 7.77. The summed E-state index contributed by atoms with van der Waals surface area (Å²) in [5.41, 5.74) is 0. The van der Waals surface area contributed by atoms with Gasteiger partial charge in [0.25, 0.3) is 0 Å². The molecule has 16 heavy (non-hydrogen) atoms. The molecule has 0 amide bonds. The van der Waals surface area contributed by atoms with Crippen LogP contribution in [0.5, 0.6) is 0 Å². The van der Waals surface area contributed by atoms with E-state index in [1.54, 1.807) is 11.3 Å². The molecule has 4 heteroatoms. The summed E-state index contributed by atoms with van der Waals surface area (Å²) in [4.78, 5) is 4.35. The van der Waals surface area contributed by atoms with E-state index in [0.717, 1.165) is 19.0 Å². The van der Waals surface area contributed by atoms with Gasteiger partial charge < -0.3 is 10.6 Å². The van der Waals surface area contributed by atoms with Crippen molar-refractivity contribution in [1.82, 2.24) is 15.6 Å². The van der Waals surface area contributed by atoms with Gasteiger partial charge in [-0.3, -0.25) is 0 Å². The van der Waals surface area contributed by atoms with Crippen LogP contribution in [0.1, 0.15) is 31.2 Å². The zero-order chi connectivity index (χ0) is 11.4. The Morgan fingerprint density at radius 1 is 1.69 bits per heavy atom. The molecular weight excluding hydrogens is 218 g/mol. The molecule has 2 heterocycles. The lowest BCUT2D eigenvalue weighted by Gasteiger charge is -2.17. The van der Waals surface area contributed by atoms with E-state index in [2.05, 4.69) is 34.8 Å². The second kappa shape index (κ2) is 5.75. The van der Waals surface area contributed by atoms with Crippen molar-refractivity contribution < 1.29 is 0 Å². The average molecular weight is 239 g/mol. The van der Waals surface area contributed by atoms with Gasteiger partial charge in [0.1, 0.15) is 0 Å². The topological polar surface area (TPSA) is 37.0 Å². The number of hydrogen-bond acceptors (Lipinski definition) is 4. The van der Waals surface area contributed by atoms with Gasteiger partial charge in [0, 0.05) is 30.1 Å². The molecule has 1 aromatic heterocycles. The highest BCUT2D eigenvalue weighted by atomic mass is 32.1. The number of thiazole rings is 1. The van der Waals surface area contributed by atoms with Gasteiger partial charge in [-0.1, -0.05) is 6.92 Å². The molecule has 3 nitrogen and oxygen atoms in total. The SMILES string of the molecule is CC(CNCC1CCNC1C)c1nccs1. The molecule has 0 saturated carbocycles. The van der Waals surface area contributed by atoms with Gasteiger partial charge in [-0.15, -0.1) is 11.3 Å². The third kappa shape index (κ3) is 3.03. The third-order valence-corrected chi connectivity index (χ3v) is 4.43. The highest BCUT2D eigenvalue weighted by Gasteiger charge is 2.22. The first-order valence-electron chi connectivity index (χ1n) is 6.11. The predicted octanol–water partition coefficient (Wildman–Crippen LogP) is 1.83. The maximum atomic E-state index is 4.35. The molecule has 1 aliphatic heterocycles. The summed E-state index contributed by atoms with van der Waals surface area (Å²) < 4.78 is 0. The first-order valence-corrected chi connectivity index (χ1v) is 6.99. The summed E-state index contributed by atoms with van der Waals surface area (Å²) >= 11 is 1.75. The fraction of sp³-hybridized carbons (Fsp3) is 0.750. The zero-order valence-corrected chi connectivity index (χ0v) is 10.9. The lowest BCUT2D eigenvalue weighted by molar-refractivity contribution is 0.433. The van der Waals surface area contributed by atoms with Crippen molar-refractivity contribution in [1.29, 1.82) is 0 Å². The van der Waals surface area contributed by atoms with Gasteiger partial charge in [0.15, 0.2) is 0 Å². The average Bonchev–Trinajstić information content (AvgIpc) is 2.90. The number of aromatic nitrogens is 1. The summed E-state index contributed by atoms with van der Waals surface area (Å²) in [6.07, 6.45) is 3.19. The van der Waals surface area contributed by atoms with E-state index in [1.165, 1.54) is 18.0 Å². The molecule has 0 radical (unpaired) electrons. The van der Waals surface area contributed by atoms with Crippen LogP contribution in [0.15, 0.2) is 11.6 Å². The minimum absolute atomic E-state index is 0.532. The van der Waals surface area contributed by atoms with Crippen LogP contribution < -0.4 is 10.6 Å². The molecule has 0 bridgehead atoms. The van der Waals surface area contributed by atoms with Gasteiger partial charge in [-0.25, -0.2) is 4.98 Å². The number of hydrogen-bond donors (Lipinski definition) is 2. The molecule has 0 aliphatic carbocycles. The molecule has 90 valence electrons. The molecule has 2 rings (SSSR count). The van der Waals surface area contributed by atoms with E-state index < -0.39 is 0 Å². The van der Waals surface area contributed by atoms with E-state index in [1.807, 2.05) is 6.20 Å². The second-order valence-corrected chi connectivity index (χ2v) is 5.65. The summed E-state index contributed by atoms with van der Waals surface area (Å²) in [6.45, 7) is 7.86. The monoisotopic (exact) mass is 239 g/mol. The summed E-state index contributed by atoms with van der Waals surface area (Å²) in [5, 5.41) is 10.3. The van der Waals surface area contributed by atoms with Crippen LogP contribution in [0, 0.1) is 5.92 Å². The number of rotatable bonds is 5. The van der Waals surface area contributed by atoms with E-state index in [0.29, 0.717) is 12.0 Å². The Morgan fingerprint density at radius 3 is 3.19 bits per heavy atom. The Hall–Kier alpha value is -0.450. The lowest BCUT2D eigenvalue weighted by Crippen LogP contribution is -2.32. The molecule has 1 saturated heterocycles. The fourth-order valence-corrected chi connectivity index (χ4v) is 2.94. The molecule has 1 aromatic rings. The Balaban J connectivity index is 1.68. The van der Waals surface area contributed by atoms with Gasteiger partial charge in [-0.2, -0.15) is 0 Å². The van der Waals surface area contributed by atoms with Crippen LogP contribution in [0.4, 0.5) is 0 Å². The van der Waals surface area contributed by atoms with Crippen molar-refractivity contribution in [3.63, 3.8) is 0 Å². The molecule has 3 atom stereocenters. The highest BCUT2D eigenvalue weighted by molar-refractivity contribution is 7.09. The van der Waals surface area contributed by atoms with Gasteiger partial charge in [0.05, 0.1) is 5.01 Å². The van der Waals surface area contributed by atoms with Crippen molar-refractivity contribution in [2.24, 2.45) is 5.92 Å². The molecule has 1 fully saturated rings. The largest absolute Gasteiger partial charge is 0.316 e. The van der Waals surface area contributed by atoms with Crippen molar-refractivity contribution in [2.75, 3.05) is 19.6 Å². The Kier molecular flexibility index (Phi) is 4.32. The van der Waals surface area contributed by atoms with Crippen LogP contribution in [0.3, 0.4) is 0 Å². The van der Waals surface area contributed by atoms with E-state index in [4.69, 9.17) is 0 Å². The molecule has 0 spiro atoms. The normalized spacial score (nSPS) is 27.1. The zero-order valence-electron chi connectivity index (χ0n) is 10.1. The number of nitrogens with zero attached hydrogens (tertiary/aromatic N) is 1. The summed E-state index contributed by atoms with van der Waals surface area (Å²) in [5.74, 6) is 1.33. The van der Waals surface area contributed by atoms with Crippen LogP contribution in [0.2, 0.25) is 0 Å². The molecule has 2 N–H and O–H groups in total. The predicted molar refractivity (Wildman–Crippen MR) is 69.0 cm³/mol. The van der Waals surface area contributed by atoms with E-state index in [-0.39, 0.29) is 0 Å². The Bertz CT molecular complexity index is 299. The van der Waals surface area contributed by atoms with Crippen LogP contribution >= 0.6 is 11.3 Å². The van der Waals surface area contributed by atoms with Crippen molar-refractivity contribution in [3.05, 3.63) is 16.6 Å². The lowest BCUT2D eigenvalue weighted by atomic mass is 10.0. The summed E-state index contributed by atoms with van der Waals surface area (Å²) in [6, 6.07) is 0.669. The number of nitrogens with one attached hydrogen (secondary N) is 2.